The van der Waals surface area contributed by atoms with Crippen LogP contribution in [0.3, 0.4) is 0 Å². The van der Waals surface area contributed by atoms with Crippen LogP contribution in [0.4, 0.5) is 14.5 Å². The van der Waals surface area contributed by atoms with E-state index in [0.717, 1.165) is 12.8 Å². The van der Waals surface area contributed by atoms with Crippen LogP contribution in [0.25, 0.3) is 10.9 Å². The molecule has 1 saturated carbocycles. The Morgan fingerprint density at radius 1 is 1.27 bits per heavy atom. The Balaban J connectivity index is 1.59. The van der Waals surface area contributed by atoms with Crippen molar-refractivity contribution >= 4 is 45.7 Å². The number of nitrogens with zero attached hydrogens (tertiary/aromatic N) is 3. The highest BCUT2D eigenvalue weighted by molar-refractivity contribution is 6.42. The predicted molar refractivity (Wildman–Crippen MR) is 138 cm³/mol. The van der Waals surface area contributed by atoms with Crippen LogP contribution in [0.2, 0.25) is 10.0 Å². The summed E-state index contributed by atoms with van der Waals surface area (Å²) in [4.78, 5) is 31.6. The number of nitrogens with one attached hydrogen (secondary N) is 1. The van der Waals surface area contributed by atoms with E-state index in [4.69, 9.17) is 27.9 Å². The molecule has 37 heavy (non-hydrogen) atoms. The van der Waals surface area contributed by atoms with Crippen LogP contribution in [0.15, 0.2) is 47.5 Å². The van der Waals surface area contributed by atoms with Crippen LogP contribution in [0.5, 0.6) is 0 Å². The van der Waals surface area contributed by atoms with Crippen LogP contribution < -0.4 is 10.9 Å². The molecule has 2 fully saturated rings. The van der Waals surface area contributed by atoms with Gasteiger partial charge in [0.15, 0.2) is 5.82 Å². The number of methoxy groups -OCH3 is 1. The van der Waals surface area contributed by atoms with Gasteiger partial charge >= 0.3 is 0 Å². The summed E-state index contributed by atoms with van der Waals surface area (Å²) in [5.41, 5.74) is -1.33. The number of likely N-dealkylation sites (tertiary alicyclic amines) is 1. The molecule has 1 aromatic heterocycles. The Labute approximate surface area is 221 Å². The maximum absolute atomic E-state index is 15.3. The molecule has 0 spiro atoms. The number of fused-ring (bicyclic) bond motifs is 1. The highest BCUT2D eigenvalue weighted by atomic mass is 35.5. The average Bonchev–Trinajstić information content (AvgIpc) is 3.62. The second kappa shape index (κ2) is 10.0. The van der Waals surface area contributed by atoms with Crippen molar-refractivity contribution in [2.24, 2.45) is 0 Å². The molecule has 7 nitrogen and oxygen atoms in total. The monoisotopic (exact) mass is 548 g/mol. The van der Waals surface area contributed by atoms with Gasteiger partial charge in [-0.1, -0.05) is 29.3 Å². The zero-order valence-corrected chi connectivity index (χ0v) is 21.5. The fraction of sp³-hybridized carbons (Fsp3) is 0.346. The fourth-order valence-electron chi connectivity index (χ4n) is 4.85. The van der Waals surface area contributed by atoms with Crippen LogP contribution in [-0.2, 0) is 15.1 Å². The Bertz CT molecular complexity index is 1470. The standard InChI is InChI=1S/C26H24Cl2F2N4O3/c1-37-10-2-3-21(35)33-9-8-26(13-33,22-19(29)7-6-18(27)23(22)28)32-15-11-17-24(20(30)12-15)31-14-34(25(17)36)16-4-5-16/h2-3,6-7,11-12,14,16,32H,4-5,8-10,13H2,1H3/b3-2+/t26-/m0/s1. The second-order valence-electron chi connectivity index (χ2n) is 9.34. The number of rotatable bonds is 7. The molecule has 5 rings (SSSR count). The summed E-state index contributed by atoms with van der Waals surface area (Å²) in [5.74, 6) is -1.60. The van der Waals surface area contributed by atoms with E-state index in [2.05, 4.69) is 10.3 Å². The molecule has 0 radical (unpaired) electrons. The molecule has 1 saturated heterocycles. The van der Waals surface area contributed by atoms with Crippen molar-refractivity contribution in [3.8, 4) is 0 Å². The van der Waals surface area contributed by atoms with Gasteiger partial charge in [0.1, 0.15) is 11.3 Å². The number of hydrogen-bond donors (Lipinski definition) is 1. The second-order valence-corrected chi connectivity index (χ2v) is 10.1. The summed E-state index contributed by atoms with van der Waals surface area (Å²) >= 11 is 12.7. The third-order valence-corrected chi connectivity index (χ3v) is 7.59. The lowest BCUT2D eigenvalue weighted by molar-refractivity contribution is -0.125. The van der Waals surface area contributed by atoms with Crippen LogP contribution in [-0.4, -0.2) is 47.2 Å². The van der Waals surface area contributed by atoms with E-state index in [1.54, 1.807) is 6.08 Å². The van der Waals surface area contributed by atoms with Crippen molar-refractivity contribution < 1.29 is 18.3 Å². The van der Waals surface area contributed by atoms with Crippen LogP contribution in [0.1, 0.15) is 30.9 Å². The van der Waals surface area contributed by atoms with Gasteiger partial charge in [-0.3, -0.25) is 14.2 Å². The molecule has 0 bridgehead atoms. The van der Waals surface area contributed by atoms with Gasteiger partial charge < -0.3 is 15.0 Å². The van der Waals surface area contributed by atoms with E-state index in [-0.39, 0.29) is 75.8 Å². The highest BCUT2D eigenvalue weighted by Crippen LogP contribution is 2.43. The molecular weight excluding hydrogens is 525 g/mol. The van der Waals surface area contributed by atoms with E-state index in [0.29, 0.717) is 0 Å². The van der Waals surface area contributed by atoms with E-state index in [9.17, 15) is 9.59 Å². The number of ether oxygens (including phenoxy) is 1. The van der Waals surface area contributed by atoms with E-state index >= 15 is 8.78 Å². The van der Waals surface area contributed by atoms with Gasteiger partial charge in [-0.05, 0) is 43.5 Å². The first-order valence-electron chi connectivity index (χ1n) is 11.8. The number of halogens is 4. The van der Waals surface area contributed by atoms with Gasteiger partial charge in [0.2, 0.25) is 5.91 Å². The topological polar surface area (TPSA) is 76.5 Å². The van der Waals surface area contributed by atoms with Gasteiger partial charge in [-0.25, -0.2) is 13.8 Å². The quantitative estimate of drug-likeness (QED) is 0.330. The van der Waals surface area contributed by atoms with Crippen molar-refractivity contribution in [2.45, 2.75) is 30.8 Å². The number of aromatic nitrogens is 2. The van der Waals surface area contributed by atoms with Crippen molar-refractivity contribution in [2.75, 3.05) is 32.1 Å². The van der Waals surface area contributed by atoms with Crippen molar-refractivity contribution in [1.29, 1.82) is 0 Å². The molecule has 1 aliphatic carbocycles. The maximum atomic E-state index is 15.3. The third kappa shape index (κ3) is 4.83. The molecular formula is C26H24Cl2F2N4O3. The Kier molecular flexibility index (Phi) is 6.95. The van der Waals surface area contributed by atoms with Gasteiger partial charge in [-0.2, -0.15) is 0 Å². The first-order valence-corrected chi connectivity index (χ1v) is 12.6. The average molecular weight is 549 g/mol. The smallest absolute Gasteiger partial charge is 0.261 e. The largest absolute Gasteiger partial charge is 0.381 e. The molecule has 2 aliphatic rings. The summed E-state index contributed by atoms with van der Waals surface area (Å²) in [5, 5.41) is 3.47. The summed E-state index contributed by atoms with van der Waals surface area (Å²) in [7, 11) is 1.52. The molecule has 1 atom stereocenters. The minimum Gasteiger partial charge on any atom is -0.381 e. The van der Waals surface area contributed by atoms with E-state index in [1.165, 1.54) is 53.2 Å². The lowest BCUT2D eigenvalue weighted by Gasteiger charge is -2.33. The summed E-state index contributed by atoms with van der Waals surface area (Å²) in [6, 6.07) is 5.33. The number of amides is 1. The summed E-state index contributed by atoms with van der Waals surface area (Å²) in [6.07, 6.45) is 6.33. The van der Waals surface area contributed by atoms with Crippen molar-refractivity contribution in [1.82, 2.24) is 14.5 Å². The number of anilines is 1. The van der Waals surface area contributed by atoms with Gasteiger partial charge in [0, 0.05) is 43.6 Å². The third-order valence-electron chi connectivity index (χ3n) is 6.79. The summed E-state index contributed by atoms with van der Waals surface area (Å²) < 4.78 is 36.9. The number of hydrogen-bond acceptors (Lipinski definition) is 5. The number of benzene rings is 2. The molecule has 2 heterocycles. The molecule has 2 aromatic carbocycles. The van der Waals surface area contributed by atoms with Gasteiger partial charge in [0.25, 0.3) is 5.56 Å². The minimum absolute atomic E-state index is 0.00240. The Morgan fingerprint density at radius 2 is 2.05 bits per heavy atom. The Hall–Kier alpha value is -3.01. The van der Waals surface area contributed by atoms with Gasteiger partial charge in [0.05, 0.1) is 33.9 Å². The lowest BCUT2D eigenvalue weighted by Crippen LogP contribution is -2.41. The van der Waals surface area contributed by atoms with E-state index < -0.39 is 17.2 Å². The highest BCUT2D eigenvalue weighted by Gasteiger charge is 2.44. The first-order chi connectivity index (χ1) is 17.7. The molecule has 11 heteroatoms. The predicted octanol–water partition coefficient (Wildman–Crippen LogP) is 5.06. The molecule has 0 unspecified atom stereocenters. The fourth-order valence-corrected chi connectivity index (χ4v) is 5.34. The normalized spacial score (nSPS) is 19.8. The van der Waals surface area contributed by atoms with Crippen molar-refractivity contribution in [3.05, 3.63) is 80.3 Å². The number of carbonyl (C=O) groups is 1. The van der Waals surface area contributed by atoms with Crippen molar-refractivity contribution in [3.63, 3.8) is 0 Å². The maximum Gasteiger partial charge on any atom is 0.261 e. The zero-order valence-electron chi connectivity index (χ0n) is 19.9. The molecule has 3 aromatic rings. The number of carbonyl (C=O) groups excluding carboxylic acids is 1. The minimum atomic E-state index is -1.24. The zero-order chi connectivity index (χ0) is 26.3. The summed E-state index contributed by atoms with van der Waals surface area (Å²) in [6.45, 7) is 0.567. The van der Waals surface area contributed by atoms with Gasteiger partial charge in [-0.15, -0.1) is 0 Å². The first kappa shape index (κ1) is 25.6. The SMILES string of the molecule is COC/C=C/C(=O)N1CC[C@@](Nc2cc(F)c3ncn(C4CC4)c(=O)c3c2)(c2c(F)ccc(Cl)c2Cl)C1. The van der Waals surface area contributed by atoms with Crippen LogP contribution in [0, 0.1) is 11.6 Å². The molecule has 194 valence electrons. The molecule has 1 amide bonds. The molecule has 1 aliphatic heterocycles. The van der Waals surface area contributed by atoms with E-state index in [1.807, 2.05) is 0 Å². The molecule has 1 N–H and O–H groups in total. The lowest BCUT2D eigenvalue weighted by atomic mass is 9.87. The Morgan fingerprint density at radius 3 is 2.78 bits per heavy atom. The van der Waals surface area contributed by atoms with Crippen LogP contribution >= 0.6 is 23.2 Å².